The summed E-state index contributed by atoms with van der Waals surface area (Å²) < 4.78 is 13.5. The van der Waals surface area contributed by atoms with Crippen molar-refractivity contribution in [3.63, 3.8) is 0 Å². The summed E-state index contributed by atoms with van der Waals surface area (Å²) in [6.45, 7) is 8.06. The highest BCUT2D eigenvalue weighted by atomic mass is 32.1. The SMILES string of the molecule is CCOC(=O)C1=C(C)N=c2s/c(=C/c3ccc(N4CCC(C)CC4)o3)c(=O)n2C1c1cccs1. The molecule has 7 nitrogen and oxygen atoms in total. The molecule has 0 aromatic carbocycles. The van der Waals surface area contributed by atoms with Crippen LogP contribution in [0.15, 0.2) is 55.1 Å². The van der Waals surface area contributed by atoms with Crippen molar-refractivity contribution >= 4 is 40.6 Å². The normalized spacial score (nSPS) is 19.3. The van der Waals surface area contributed by atoms with Crippen LogP contribution in [0.1, 0.15) is 50.3 Å². The first-order valence-electron chi connectivity index (χ1n) is 11.5. The van der Waals surface area contributed by atoms with Crippen LogP contribution < -0.4 is 19.8 Å². The van der Waals surface area contributed by atoms with E-state index in [1.807, 2.05) is 29.6 Å². The molecule has 0 N–H and O–H groups in total. The fourth-order valence-corrected chi connectivity index (χ4v) is 6.31. The van der Waals surface area contributed by atoms with Gasteiger partial charge < -0.3 is 14.1 Å². The molecule has 178 valence electrons. The fraction of sp³-hybridized carbons (Fsp3) is 0.400. The van der Waals surface area contributed by atoms with Gasteiger partial charge in [0.25, 0.3) is 5.56 Å². The quantitative estimate of drug-likeness (QED) is 0.503. The first-order chi connectivity index (χ1) is 16.5. The Morgan fingerprint density at radius 1 is 1.29 bits per heavy atom. The Hall–Kier alpha value is -2.91. The fourth-order valence-electron chi connectivity index (χ4n) is 4.46. The Bertz CT molecular complexity index is 1400. The number of carbonyl (C=O) groups excluding carboxylic acids is 1. The van der Waals surface area contributed by atoms with Crippen LogP contribution in [0, 0.1) is 5.92 Å². The Morgan fingerprint density at radius 2 is 2.09 bits per heavy atom. The maximum absolute atomic E-state index is 13.6. The summed E-state index contributed by atoms with van der Waals surface area (Å²) >= 11 is 2.81. The minimum Gasteiger partial charge on any atom is -0.463 e. The number of piperidine rings is 1. The lowest BCUT2D eigenvalue weighted by molar-refractivity contribution is -0.139. The number of ether oxygens (including phenoxy) is 1. The molecule has 1 unspecified atom stereocenters. The van der Waals surface area contributed by atoms with E-state index in [1.165, 1.54) is 22.7 Å². The van der Waals surface area contributed by atoms with Crippen molar-refractivity contribution in [1.29, 1.82) is 0 Å². The van der Waals surface area contributed by atoms with E-state index >= 15 is 0 Å². The van der Waals surface area contributed by atoms with Crippen LogP contribution in [-0.2, 0) is 9.53 Å². The van der Waals surface area contributed by atoms with Crippen molar-refractivity contribution in [2.24, 2.45) is 10.9 Å². The molecule has 5 heterocycles. The van der Waals surface area contributed by atoms with E-state index in [9.17, 15) is 9.59 Å². The van der Waals surface area contributed by atoms with E-state index in [0.717, 1.165) is 42.6 Å². The van der Waals surface area contributed by atoms with Gasteiger partial charge in [0, 0.05) is 30.1 Å². The minimum atomic E-state index is -0.556. The number of thiophene rings is 1. The van der Waals surface area contributed by atoms with Crippen LogP contribution in [0.25, 0.3) is 6.08 Å². The Kier molecular flexibility index (Phi) is 6.31. The molecule has 34 heavy (non-hydrogen) atoms. The first kappa shape index (κ1) is 22.9. The zero-order chi connectivity index (χ0) is 23.8. The van der Waals surface area contributed by atoms with Crippen molar-refractivity contribution < 1.29 is 13.9 Å². The molecule has 3 aromatic rings. The Labute approximate surface area is 205 Å². The third-order valence-electron chi connectivity index (χ3n) is 6.31. The van der Waals surface area contributed by atoms with Crippen LogP contribution in [0.5, 0.6) is 0 Å². The van der Waals surface area contributed by atoms with Crippen LogP contribution >= 0.6 is 22.7 Å². The number of carbonyl (C=O) groups is 1. The number of anilines is 1. The van der Waals surface area contributed by atoms with E-state index < -0.39 is 12.0 Å². The van der Waals surface area contributed by atoms with Crippen molar-refractivity contribution in [3.8, 4) is 0 Å². The summed E-state index contributed by atoms with van der Waals surface area (Å²) in [4.78, 5) is 34.7. The average Bonchev–Trinajstić information content (AvgIpc) is 3.56. The second kappa shape index (κ2) is 9.38. The second-order valence-electron chi connectivity index (χ2n) is 8.66. The minimum absolute atomic E-state index is 0.193. The molecule has 1 saturated heterocycles. The molecular weight excluding hydrogens is 470 g/mol. The van der Waals surface area contributed by atoms with Gasteiger partial charge in [-0.25, -0.2) is 9.79 Å². The predicted molar refractivity (Wildman–Crippen MR) is 134 cm³/mol. The maximum atomic E-state index is 13.6. The topological polar surface area (TPSA) is 77.0 Å². The number of allylic oxidation sites excluding steroid dienone is 1. The lowest BCUT2D eigenvalue weighted by atomic mass is 9.99. The molecule has 2 aliphatic heterocycles. The maximum Gasteiger partial charge on any atom is 0.338 e. The second-order valence-corrected chi connectivity index (χ2v) is 10.7. The van der Waals surface area contributed by atoms with Gasteiger partial charge in [-0.3, -0.25) is 9.36 Å². The number of fused-ring (bicyclic) bond motifs is 1. The summed E-state index contributed by atoms with van der Waals surface area (Å²) in [5.74, 6) is 1.77. The molecule has 0 amide bonds. The van der Waals surface area contributed by atoms with Gasteiger partial charge in [-0.15, -0.1) is 11.3 Å². The number of hydrogen-bond donors (Lipinski definition) is 0. The summed E-state index contributed by atoms with van der Waals surface area (Å²) in [7, 11) is 0. The monoisotopic (exact) mass is 497 g/mol. The van der Waals surface area contributed by atoms with E-state index in [2.05, 4.69) is 16.8 Å². The van der Waals surface area contributed by atoms with Gasteiger partial charge in [0.05, 0.1) is 22.4 Å². The van der Waals surface area contributed by atoms with Gasteiger partial charge in [-0.05, 0) is 50.1 Å². The first-order valence-corrected chi connectivity index (χ1v) is 13.2. The third kappa shape index (κ3) is 4.18. The molecule has 9 heteroatoms. The van der Waals surface area contributed by atoms with E-state index in [1.54, 1.807) is 24.5 Å². The molecule has 0 radical (unpaired) electrons. The smallest absolute Gasteiger partial charge is 0.338 e. The predicted octanol–water partition coefficient (Wildman–Crippen LogP) is 3.69. The molecule has 0 bridgehead atoms. The highest BCUT2D eigenvalue weighted by molar-refractivity contribution is 7.10. The van der Waals surface area contributed by atoms with Crippen LogP contribution in [0.4, 0.5) is 5.88 Å². The molecule has 0 spiro atoms. The van der Waals surface area contributed by atoms with Gasteiger partial charge in [0.2, 0.25) is 0 Å². The number of esters is 1. The zero-order valence-corrected chi connectivity index (χ0v) is 21.1. The third-order valence-corrected chi connectivity index (χ3v) is 8.22. The Balaban J connectivity index is 1.55. The molecule has 2 aliphatic rings. The van der Waals surface area contributed by atoms with Gasteiger partial charge >= 0.3 is 5.97 Å². The van der Waals surface area contributed by atoms with Gasteiger partial charge in [0.15, 0.2) is 10.7 Å². The van der Waals surface area contributed by atoms with Crippen molar-refractivity contribution in [3.05, 3.63) is 71.2 Å². The largest absolute Gasteiger partial charge is 0.463 e. The van der Waals surface area contributed by atoms with Crippen LogP contribution in [0.3, 0.4) is 0 Å². The van der Waals surface area contributed by atoms with Crippen molar-refractivity contribution in [2.75, 3.05) is 24.6 Å². The summed E-state index contributed by atoms with van der Waals surface area (Å²) in [5.41, 5.74) is 0.785. The summed E-state index contributed by atoms with van der Waals surface area (Å²) in [6, 6.07) is 7.16. The van der Waals surface area contributed by atoms with Crippen molar-refractivity contribution in [2.45, 2.75) is 39.7 Å². The molecule has 0 saturated carbocycles. The molecule has 0 aliphatic carbocycles. The Morgan fingerprint density at radius 3 is 2.79 bits per heavy atom. The van der Waals surface area contributed by atoms with Crippen molar-refractivity contribution in [1.82, 2.24) is 4.57 Å². The van der Waals surface area contributed by atoms with Gasteiger partial charge in [0.1, 0.15) is 11.8 Å². The number of thiazole rings is 1. The van der Waals surface area contributed by atoms with E-state index in [-0.39, 0.29) is 12.2 Å². The van der Waals surface area contributed by atoms with E-state index in [4.69, 9.17) is 9.15 Å². The van der Waals surface area contributed by atoms with Gasteiger partial charge in [-0.1, -0.05) is 24.3 Å². The highest BCUT2D eigenvalue weighted by Gasteiger charge is 2.34. The van der Waals surface area contributed by atoms with Crippen LogP contribution in [-0.4, -0.2) is 30.2 Å². The van der Waals surface area contributed by atoms with Gasteiger partial charge in [-0.2, -0.15) is 0 Å². The highest BCUT2D eigenvalue weighted by Crippen LogP contribution is 2.33. The zero-order valence-electron chi connectivity index (χ0n) is 19.4. The van der Waals surface area contributed by atoms with Crippen LogP contribution in [0.2, 0.25) is 0 Å². The molecular formula is C25H27N3O4S2. The number of rotatable bonds is 5. The lowest BCUT2D eigenvalue weighted by Crippen LogP contribution is -2.39. The number of aromatic nitrogens is 1. The summed E-state index contributed by atoms with van der Waals surface area (Å²) in [6.07, 6.45) is 4.08. The number of nitrogens with zero attached hydrogens (tertiary/aromatic N) is 3. The number of hydrogen-bond acceptors (Lipinski definition) is 8. The van der Waals surface area contributed by atoms with E-state index in [0.29, 0.717) is 26.4 Å². The summed E-state index contributed by atoms with van der Waals surface area (Å²) in [5, 5.41) is 1.94. The number of furan rings is 1. The molecule has 5 rings (SSSR count). The standard InChI is InChI=1S/C25H27N3O4S2/c1-4-31-24(30)21-16(3)26-25-28(22(21)18-6-5-13-33-18)23(29)19(34-25)14-17-7-8-20(32-17)27-11-9-15(2)10-12-27/h5-8,13-15,22H,4,9-12H2,1-3H3/b19-14+. The molecule has 3 aromatic heterocycles. The molecule has 1 fully saturated rings. The average molecular weight is 498 g/mol. The lowest BCUT2D eigenvalue weighted by Gasteiger charge is -2.29. The molecule has 1 atom stereocenters.